The summed E-state index contributed by atoms with van der Waals surface area (Å²) in [6, 6.07) is 1.95. The Hall–Kier alpha value is -1.38. The molecular formula is C9H8ClN3O2. The fourth-order valence-electron chi connectivity index (χ4n) is 1.28. The highest BCUT2D eigenvalue weighted by atomic mass is 35.5. The molecule has 1 aliphatic rings. The Morgan fingerprint density at radius 2 is 2.53 bits per heavy atom. The number of hydrogen-bond acceptors (Lipinski definition) is 5. The fourth-order valence-corrected chi connectivity index (χ4v) is 1.40. The van der Waals surface area contributed by atoms with Gasteiger partial charge in [-0.05, 0) is 11.6 Å². The number of ether oxygens (including phenoxy) is 2. The van der Waals surface area contributed by atoms with Crippen molar-refractivity contribution in [1.29, 1.82) is 5.26 Å². The van der Waals surface area contributed by atoms with Crippen molar-refractivity contribution in [2.24, 2.45) is 0 Å². The van der Waals surface area contributed by atoms with Crippen LogP contribution in [0.3, 0.4) is 0 Å². The summed E-state index contributed by atoms with van der Waals surface area (Å²) >= 11 is 5.62. The average Bonchev–Trinajstić information content (AvgIpc) is 2.71. The Balaban J connectivity index is 2.18. The van der Waals surface area contributed by atoms with Gasteiger partial charge >= 0.3 is 0 Å². The molecule has 1 aliphatic heterocycles. The van der Waals surface area contributed by atoms with Crippen molar-refractivity contribution in [3.05, 3.63) is 17.0 Å². The predicted octanol–water partition coefficient (Wildman–Crippen LogP) is 1.17. The van der Waals surface area contributed by atoms with Gasteiger partial charge in [-0.2, -0.15) is 10.2 Å². The molecule has 2 heterocycles. The first-order chi connectivity index (χ1) is 7.29. The van der Waals surface area contributed by atoms with E-state index in [1.54, 1.807) is 0 Å². The first-order valence-electron chi connectivity index (χ1n) is 4.46. The van der Waals surface area contributed by atoms with E-state index in [9.17, 15) is 0 Å². The van der Waals surface area contributed by atoms with Gasteiger partial charge in [0.25, 0.3) is 0 Å². The lowest BCUT2D eigenvalue weighted by atomic mass is 10.3. The van der Waals surface area contributed by atoms with Gasteiger partial charge in [0.05, 0.1) is 19.4 Å². The van der Waals surface area contributed by atoms with E-state index in [0.29, 0.717) is 13.2 Å². The zero-order chi connectivity index (χ0) is 10.7. The molecule has 0 bridgehead atoms. The molecule has 0 saturated carbocycles. The molecule has 0 aliphatic carbocycles. The largest absolute Gasteiger partial charge is 0.471 e. The maximum absolute atomic E-state index is 8.80. The summed E-state index contributed by atoms with van der Waals surface area (Å²) in [5.74, 6) is 0.230. The van der Waals surface area contributed by atoms with Crippen LogP contribution in [0.2, 0.25) is 5.28 Å². The van der Waals surface area contributed by atoms with Gasteiger partial charge in [0.1, 0.15) is 17.7 Å². The minimum absolute atomic E-state index is 0.0527. The van der Waals surface area contributed by atoms with Crippen LogP contribution in [0, 0.1) is 11.3 Å². The van der Waals surface area contributed by atoms with Crippen LogP contribution in [0.15, 0.2) is 6.20 Å². The molecule has 0 N–H and O–H groups in total. The summed E-state index contributed by atoms with van der Waals surface area (Å²) in [4.78, 5) is 7.57. The Morgan fingerprint density at radius 3 is 3.20 bits per heavy atom. The van der Waals surface area contributed by atoms with Gasteiger partial charge in [-0.3, -0.25) is 0 Å². The summed E-state index contributed by atoms with van der Waals surface area (Å²) in [6.45, 7) is 1.19. The maximum Gasteiger partial charge on any atom is 0.236 e. The van der Waals surface area contributed by atoms with Crippen LogP contribution in [0.5, 0.6) is 5.88 Å². The highest BCUT2D eigenvalue weighted by molar-refractivity contribution is 6.28. The summed E-state index contributed by atoms with van der Waals surface area (Å²) in [6.07, 6.45) is 2.09. The first kappa shape index (κ1) is 10.1. The quantitative estimate of drug-likeness (QED) is 0.707. The number of aromatic nitrogens is 2. The lowest BCUT2D eigenvalue weighted by Gasteiger charge is -2.11. The second-order valence-corrected chi connectivity index (χ2v) is 3.41. The molecule has 0 aromatic carbocycles. The van der Waals surface area contributed by atoms with Crippen LogP contribution >= 0.6 is 11.6 Å². The smallest absolute Gasteiger partial charge is 0.236 e. The molecule has 1 unspecified atom stereocenters. The van der Waals surface area contributed by atoms with E-state index >= 15 is 0 Å². The molecule has 1 saturated heterocycles. The minimum Gasteiger partial charge on any atom is -0.471 e. The third-order valence-corrected chi connectivity index (χ3v) is 2.19. The molecule has 1 aromatic heterocycles. The summed E-state index contributed by atoms with van der Waals surface area (Å²) in [5, 5.41) is 8.87. The molecule has 1 fully saturated rings. The van der Waals surface area contributed by atoms with Crippen LogP contribution in [-0.2, 0) is 4.74 Å². The van der Waals surface area contributed by atoms with Crippen LogP contribution in [-0.4, -0.2) is 29.3 Å². The fraction of sp³-hybridized carbons (Fsp3) is 0.444. The Morgan fingerprint density at radius 1 is 1.67 bits per heavy atom. The molecule has 2 rings (SSSR count). The molecule has 6 heteroatoms. The SMILES string of the molecule is N#Cc1cnc(Cl)nc1OC1CCOC1. The van der Waals surface area contributed by atoms with Crippen molar-refractivity contribution >= 4 is 11.6 Å². The lowest BCUT2D eigenvalue weighted by molar-refractivity contribution is 0.137. The Labute approximate surface area is 91.6 Å². The van der Waals surface area contributed by atoms with Gasteiger partial charge in [-0.15, -0.1) is 0 Å². The van der Waals surface area contributed by atoms with Crippen LogP contribution in [0.4, 0.5) is 0 Å². The second kappa shape index (κ2) is 4.43. The number of rotatable bonds is 2. The molecule has 15 heavy (non-hydrogen) atoms. The Kier molecular flexibility index (Phi) is 2.99. The van der Waals surface area contributed by atoms with Crippen molar-refractivity contribution in [3.8, 4) is 11.9 Å². The minimum atomic E-state index is -0.0527. The zero-order valence-corrected chi connectivity index (χ0v) is 8.57. The second-order valence-electron chi connectivity index (χ2n) is 3.07. The maximum atomic E-state index is 8.80. The third-order valence-electron chi connectivity index (χ3n) is 2.01. The van der Waals surface area contributed by atoms with Crippen LogP contribution in [0.1, 0.15) is 12.0 Å². The van der Waals surface area contributed by atoms with Gasteiger partial charge in [-0.25, -0.2) is 4.98 Å². The summed E-state index contributed by atoms with van der Waals surface area (Å²) in [7, 11) is 0. The standard InChI is InChI=1S/C9H8ClN3O2/c10-9-12-4-6(3-11)8(13-9)15-7-1-2-14-5-7/h4,7H,1-2,5H2. The molecule has 1 atom stereocenters. The third kappa shape index (κ3) is 2.35. The number of nitriles is 1. The van der Waals surface area contributed by atoms with E-state index in [4.69, 9.17) is 26.3 Å². The van der Waals surface area contributed by atoms with Crippen molar-refractivity contribution < 1.29 is 9.47 Å². The monoisotopic (exact) mass is 225 g/mol. The molecule has 0 amide bonds. The number of halogens is 1. The lowest BCUT2D eigenvalue weighted by Crippen LogP contribution is -2.17. The van der Waals surface area contributed by atoms with Crippen molar-refractivity contribution in [2.75, 3.05) is 13.2 Å². The number of hydrogen-bond donors (Lipinski definition) is 0. The van der Waals surface area contributed by atoms with E-state index in [-0.39, 0.29) is 22.8 Å². The highest BCUT2D eigenvalue weighted by Gasteiger charge is 2.19. The van der Waals surface area contributed by atoms with Gasteiger partial charge in [-0.1, -0.05) is 0 Å². The molecule has 0 spiro atoms. The first-order valence-corrected chi connectivity index (χ1v) is 4.84. The van der Waals surface area contributed by atoms with E-state index in [2.05, 4.69) is 9.97 Å². The van der Waals surface area contributed by atoms with Crippen molar-refractivity contribution in [1.82, 2.24) is 9.97 Å². The normalized spacial score (nSPS) is 19.9. The highest BCUT2D eigenvalue weighted by Crippen LogP contribution is 2.19. The van der Waals surface area contributed by atoms with Crippen molar-refractivity contribution in [2.45, 2.75) is 12.5 Å². The molecule has 78 valence electrons. The molecule has 0 radical (unpaired) electrons. The van der Waals surface area contributed by atoms with E-state index < -0.39 is 0 Å². The van der Waals surface area contributed by atoms with Gasteiger partial charge in [0.2, 0.25) is 11.2 Å². The molecule has 5 nitrogen and oxygen atoms in total. The van der Waals surface area contributed by atoms with Gasteiger partial charge < -0.3 is 9.47 Å². The van der Waals surface area contributed by atoms with E-state index in [1.807, 2.05) is 6.07 Å². The average molecular weight is 226 g/mol. The van der Waals surface area contributed by atoms with Crippen LogP contribution in [0.25, 0.3) is 0 Å². The zero-order valence-electron chi connectivity index (χ0n) is 7.81. The van der Waals surface area contributed by atoms with Crippen molar-refractivity contribution in [3.63, 3.8) is 0 Å². The number of nitrogens with zero attached hydrogens (tertiary/aromatic N) is 3. The van der Waals surface area contributed by atoms with E-state index in [1.165, 1.54) is 6.20 Å². The predicted molar refractivity (Wildman–Crippen MR) is 51.6 cm³/mol. The molecule has 1 aromatic rings. The molecular weight excluding hydrogens is 218 g/mol. The van der Waals surface area contributed by atoms with Crippen LogP contribution < -0.4 is 4.74 Å². The van der Waals surface area contributed by atoms with Gasteiger partial charge in [0.15, 0.2) is 0 Å². The summed E-state index contributed by atoms with van der Waals surface area (Å²) < 4.78 is 10.6. The van der Waals surface area contributed by atoms with Gasteiger partial charge in [0, 0.05) is 6.42 Å². The summed E-state index contributed by atoms with van der Waals surface area (Å²) in [5.41, 5.74) is 0.284. The Bertz CT molecular complexity index is 399. The van der Waals surface area contributed by atoms with E-state index in [0.717, 1.165) is 6.42 Å². The topological polar surface area (TPSA) is 68.0 Å².